The minimum atomic E-state index is -0.119. The molecule has 5 nitrogen and oxygen atoms in total. The third kappa shape index (κ3) is 2.18. The second-order valence-corrected chi connectivity index (χ2v) is 2.83. The molecular formula is C6H7Cl2N3O2. The molecule has 0 spiro atoms. The van der Waals surface area contributed by atoms with E-state index in [0.29, 0.717) is 6.61 Å². The Kier molecular flexibility index (Phi) is 3.65. The second-order valence-electron chi connectivity index (χ2n) is 2.14. The van der Waals surface area contributed by atoms with E-state index >= 15 is 0 Å². The number of hydrogen-bond acceptors (Lipinski definition) is 4. The average Bonchev–Trinajstić information content (AvgIpc) is 2.39. The molecule has 1 heterocycles. The highest BCUT2D eigenvalue weighted by molar-refractivity contribution is 6.34. The van der Waals surface area contributed by atoms with E-state index in [1.165, 1.54) is 4.57 Å². The lowest BCUT2D eigenvalue weighted by Gasteiger charge is -2.03. The van der Waals surface area contributed by atoms with Crippen molar-refractivity contribution in [3.63, 3.8) is 0 Å². The van der Waals surface area contributed by atoms with Crippen molar-refractivity contribution in [2.45, 2.75) is 13.7 Å². The predicted octanol–water partition coefficient (Wildman–Crippen LogP) is 2.58. The molecule has 0 aliphatic carbocycles. The Balaban J connectivity index is 2.91. The van der Waals surface area contributed by atoms with E-state index in [-0.39, 0.29) is 23.0 Å². The molecule has 0 N–H and O–H groups in total. The van der Waals surface area contributed by atoms with Crippen molar-refractivity contribution >= 4 is 29.0 Å². The van der Waals surface area contributed by atoms with Crippen molar-refractivity contribution in [2.24, 2.45) is 5.18 Å². The molecule has 0 saturated heterocycles. The van der Waals surface area contributed by atoms with E-state index in [1.807, 2.05) is 6.92 Å². The highest BCUT2D eigenvalue weighted by Gasteiger charge is 2.14. The van der Waals surface area contributed by atoms with Crippen LogP contribution in [0, 0.1) is 4.91 Å². The lowest BCUT2D eigenvalue weighted by molar-refractivity contribution is 0.0882. The van der Waals surface area contributed by atoms with Crippen LogP contribution in [0.25, 0.3) is 0 Å². The van der Waals surface area contributed by atoms with Crippen LogP contribution in [-0.2, 0) is 11.5 Å². The van der Waals surface area contributed by atoms with Crippen molar-refractivity contribution in [2.75, 3.05) is 6.61 Å². The summed E-state index contributed by atoms with van der Waals surface area (Å²) in [5.41, 5.74) is 0. The molecule has 1 aromatic heterocycles. The van der Waals surface area contributed by atoms with Gasteiger partial charge in [0.15, 0.2) is 5.15 Å². The van der Waals surface area contributed by atoms with Gasteiger partial charge in [-0.25, -0.2) is 0 Å². The Labute approximate surface area is 84.6 Å². The van der Waals surface area contributed by atoms with Gasteiger partial charge in [0.1, 0.15) is 6.73 Å². The largest absolute Gasteiger partial charge is 0.361 e. The number of halogens is 2. The van der Waals surface area contributed by atoms with Crippen molar-refractivity contribution < 1.29 is 4.74 Å². The fourth-order valence-corrected chi connectivity index (χ4v) is 1.21. The van der Waals surface area contributed by atoms with Gasteiger partial charge in [-0.15, -0.1) is 4.91 Å². The van der Waals surface area contributed by atoms with Crippen LogP contribution in [0.5, 0.6) is 0 Å². The number of imidazole rings is 1. The molecule has 0 radical (unpaired) electrons. The SMILES string of the molecule is CCOCn1c(Cl)nc(N=O)c1Cl. The molecule has 1 aromatic rings. The van der Waals surface area contributed by atoms with Crippen LogP contribution < -0.4 is 0 Å². The Morgan fingerprint density at radius 3 is 2.77 bits per heavy atom. The van der Waals surface area contributed by atoms with Crippen molar-refractivity contribution in [1.82, 2.24) is 9.55 Å². The van der Waals surface area contributed by atoms with Gasteiger partial charge >= 0.3 is 0 Å². The summed E-state index contributed by atoms with van der Waals surface area (Å²) in [6.45, 7) is 2.52. The number of nitroso groups, excluding NO2 is 1. The molecule has 0 unspecified atom stereocenters. The van der Waals surface area contributed by atoms with E-state index in [9.17, 15) is 4.91 Å². The van der Waals surface area contributed by atoms with Gasteiger partial charge in [0.05, 0.1) is 0 Å². The predicted molar refractivity (Wildman–Crippen MR) is 49.3 cm³/mol. The van der Waals surface area contributed by atoms with Crippen molar-refractivity contribution in [1.29, 1.82) is 0 Å². The lowest BCUT2D eigenvalue weighted by atomic mass is 10.8. The zero-order valence-corrected chi connectivity index (χ0v) is 8.34. The van der Waals surface area contributed by atoms with Crippen molar-refractivity contribution in [3.05, 3.63) is 15.3 Å². The molecule has 0 saturated carbocycles. The van der Waals surface area contributed by atoms with Gasteiger partial charge < -0.3 is 4.74 Å². The van der Waals surface area contributed by atoms with Gasteiger partial charge in [0, 0.05) is 6.61 Å². The van der Waals surface area contributed by atoms with Gasteiger partial charge in [0.2, 0.25) is 11.1 Å². The fraction of sp³-hybridized carbons (Fsp3) is 0.500. The molecule has 0 amide bonds. The fourth-order valence-electron chi connectivity index (χ4n) is 0.746. The van der Waals surface area contributed by atoms with E-state index in [4.69, 9.17) is 27.9 Å². The van der Waals surface area contributed by atoms with E-state index in [2.05, 4.69) is 10.2 Å². The molecule has 1 rings (SSSR count). The third-order valence-electron chi connectivity index (χ3n) is 1.35. The van der Waals surface area contributed by atoms with Crippen LogP contribution >= 0.6 is 23.2 Å². The van der Waals surface area contributed by atoms with Crippen molar-refractivity contribution in [3.8, 4) is 0 Å². The van der Waals surface area contributed by atoms with Crippen LogP contribution in [-0.4, -0.2) is 16.2 Å². The van der Waals surface area contributed by atoms with Crippen LogP contribution in [0.15, 0.2) is 5.18 Å². The third-order valence-corrected chi connectivity index (χ3v) is 2.01. The molecule has 0 aliphatic heterocycles. The van der Waals surface area contributed by atoms with E-state index < -0.39 is 0 Å². The lowest BCUT2D eigenvalue weighted by Crippen LogP contribution is -2.02. The maximum atomic E-state index is 10.2. The summed E-state index contributed by atoms with van der Waals surface area (Å²) in [5.74, 6) is -0.119. The average molecular weight is 224 g/mol. The smallest absolute Gasteiger partial charge is 0.235 e. The number of rotatable bonds is 4. The molecular weight excluding hydrogens is 217 g/mol. The molecule has 72 valence electrons. The van der Waals surface area contributed by atoms with Crippen LogP contribution in [0.2, 0.25) is 10.4 Å². The molecule has 0 fully saturated rings. The van der Waals surface area contributed by atoms with Gasteiger partial charge in [-0.1, -0.05) is 11.6 Å². The zero-order chi connectivity index (χ0) is 9.84. The maximum absolute atomic E-state index is 10.2. The first-order valence-corrected chi connectivity index (χ1v) is 4.29. The van der Waals surface area contributed by atoms with Crippen LogP contribution in [0.4, 0.5) is 5.82 Å². The second kappa shape index (κ2) is 4.55. The Bertz CT molecular complexity index is 313. The number of ether oxygens (including phenoxy) is 1. The first-order chi connectivity index (χ1) is 6.20. The summed E-state index contributed by atoms with van der Waals surface area (Å²) in [5, 5.41) is 2.79. The summed E-state index contributed by atoms with van der Waals surface area (Å²) >= 11 is 11.4. The maximum Gasteiger partial charge on any atom is 0.235 e. The molecule has 7 heteroatoms. The summed E-state index contributed by atoms with van der Waals surface area (Å²) < 4.78 is 6.40. The first kappa shape index (κ1) is 10.4. The summed E-state index contributed by atoms with van der Waals surface area (Å²) in [6, 6.07) is 0. The monoisotopic (exact) mass is 223 g/mol. The Morgan fingerprint density at radius 2 is 2.31 bits per heavy atom. The Hall–Kier alpha value is -0.650. The number of nitrogens with zero attached hydrogens (tertiary/aromatic N) is 3. The molecule has 0 atom stereocenters. The van der Waals surface area contributed by atoms with E-state index in [1.54, 1.807) is 0 Å². The molecule has 13 heavy (non-hydrogen) atoms. The summed E-state index contributed by atoms with van der Waals surface area (Å²) in [7, 11) is 0. The van der Waals surface area contributed by atoms with Gasteiger partial charge in [-0.2, -0.15) is 4.98 Å². The molecule has 0 aliphatic rings. The van der Waals surface area contributed by atoms with Crippen LogP contribution in [0.3, 0.4) is 0 Å². The summed E-state index contributed by atoms with van der Waals surface area (Å²) in [6.07, 6.45) is 0. The van der Waals surface area contributed by atoms with Gasteiger partial charge in [-0.05, 0) is 23.7 Å². The molecule has 0 aromatic carbocycles. The summed E-state index contributed by atoms with van der Waals surface area (Å²) in [4.78, 5) is 13.8. The van der Waals surface area contributed by atoms with Gasteiger partial charge in [-0.3, -0.25) is 4.57 Å². The number of aromatic nitrogens is 2. The topological polar surface area (TPSA) is 56.5 Å². The quantitative estimate of drug-likeness (QED) is 0.738. The normalized spacial score (nSPS) is 10.4. The standard InChI is InChI=1S/C6H7Cl2N3O2/c1-2-13-3-11-4(7)5(10-12)9-6(11)8/h2-3H2,1H3. The number of hydrogen-bond donors (Lipinski definition) is 0. The van der Waals surface area contributed by atoms with E-state index in [0.717, 1.165) is 0 Å². The zero-order valence-electron chi connectivity index (χ0n) is 6.83. The van der Waals surface area contributed by atoms with Gasteiger partial charge in [0.25, 0.3) is 0 Å². The molecule has 0 bridgehead atoms. The van der Waals surface area contributed by atoms with Crippen LogP contribution in [0.1, 0.15) is 6.92 Å². The highest BCUT2D eigenvalue weighted by atomic mass is 35.5. The Morgan fingerprint density at radius 1 is 1.62 bits per heavy atom. The minimum Gasteiger partial charge on any atom is -0.361 e. The minimum absolute atomic E-state index is 0.0908. The first-order valence-electron chi connectivity index (χ1n) is 3.53. The highest BCUT2D eigenvalue weighted by Crippen LogP contribution is 2.27.